The van der Waals surface area contributed by atoms with Crippen LogP contribution < -0.4 is 0 Å². The van der Waals surface area contributed by atoms with Crippen LogP contribution in [0.2, 0.25) is 0 Å². The van der Waals surface area contributed by atoms with Gasteiger partial charge in [-0.05, 0) is 287 Å². The molecule has 0 atom stereocenters. The minimum Gasteiger partial charge on any atom is -0.208 e. The lowest BCUT2D eigenvalue weighted by atomic mass is 9.79. The van der Waals surface area contributed by atoms with Gasteiger partial charge in [-0.2, -0.15) is 0 Å². The highest BCUT2D eigenvalue weighted by molar-refractivity contribution is 5.93. The second-order valence-electron chi connectivity index (χ2n) is 43.9. The number of hydrogen-bond donors (Lipinski definition) is 0. The Kier molecular flexibility index (Phi) is 21.4. The maximum Gasteiger partial charge on any atom is 0.164 e. The summed E-state index contributed by atoms with van der Waals surface area (Å²) in [4.78, 5) is 29.5. The van der Waals surface area contributed by atoms with Crippen molar-refractivity contribution in [1.82, 2.24) is 29.9 Å². The van der Waals surface area contributed by atoms with E-state index in [1.807, 2.05) is 121 Å². The molecule has 144 heavy (non-hydrogen) atoms. The van der Waals surface area contributed by atoms with Crippen LogP contribution in [0.4, 0.5) is 0 Å². The Morgan fingerprint density at radius 1 is 0.132 bits per heavy atom. The molecule has 6 heteroatoms. The van der Waals surface area contributed by atoms with Gasteiger partial charge in [-0.3, -0.25) is 0 Å². The lowest BCUT2D eigenvalue weighted by Crippen LogP contribution is -2.16. The fraction of sp³-hybridized carbons (Fsp3) is 0.174. The van der Waals surface area contributed by atoms with E-state index in [0.717, 1.165) is 71.9 Å². The highest BCUT2D eigenvalue weighted by Gasteiger charge is 2.43. The molecule has 6 aliphatic rings. The van der Waals surface area contributed by atoms with Crippen LogP contribution in [0.1, 0.15) is 185 Å². The van der Waals surface area contributed by atoms with Crippen molar-refractivity contribution in [2.45, 2.75) is 154 Å². The summed E-state index contributed by atoms with van der Waals surface area (Å²) in [5.41, 5.74) is 54.3. The van der Waals surface area contributed by atoms with Crippen molar-refractivity contribution in [3.63, 3.8) is 0 Å². The molecule has 0 saturated carbocycles. The number of nitrogens with zero attached hydrogens (tertiary/aromatic N) is 6. The van der Waals surface area contributed by atoms with Gasteiger partial charge in [0, 0.05) is 65.9 Å². The van der Waals surface area contributed by atoms with E-state index in [-0.39, 0.29) is 32.5 Å². The molecule has 0 N–H and O–H groups in total. The van der Waals surface area contributed by atoms with Crippen molar-refractivity contribution in [2.75, 3.05) is 0 Å². The lowest BCUT2D eigenvalue weighted by Gasteiger charge is -2.24. The average Bonchev–Trinajstić information content (AvgIpc) is 1.56. The predicted octanol–water partition coefficient (Wildman–Crippen LogP) is 34.6. The zero-order chi connectivity index (χ0) is 97.9. The second kappa shape index (κ2) is 34.4. The van der Waals surface area contributed by atoms with Gasteiger partial charge in [-0.15, -0.1) is 0 Å². The Balaban J connectivity index is 0.000000151. The first kappa shape index (κ1) is 89.3. The van der Waals surface area contributed by atoms with E-state index in [1.165, 1.54) is 200 Å². The molecule has 0 fully saturated rings. The highest BCUT2D eigenvalue weighted by Crippen LogP contribution is 2.59. The molecule has 0 radical (unpaired) electrons. The molecule has 6 nitrogen and oxygen atoms in total. The van der Waals surface area contributed by atoms with Crippen molar-refractivity contribution in [3.05, 3.63) is 489 Å². The molecule has 20 aromatic rings. The normalized spacial score (nSPS) is 14.8. The molecule has 2 heterocycles. The summed E-state index contributed by atoms with van der Waals surface area (Å²) in [5.74, 6) is 4.07. The first-order chi connectivity index (χ1) is 69.8. The number of rotatable bonds is 18. The van der Waals surface area contributed by atoms with Crippen molar-refractivity contribution >= 4 is 0 Å². The van der Waals surface area contributed by atoms with Crippen LogP contribution in [0.15, 0.2) is 400 Å². The van der Waals surface area contributed by atoms with Gasteiger partial charge >= 0.3 is 0 Å². The molecule has 0 aliphatic heterocycles. The fourth-order valence-corrected chi connectivity index (χ4v) is 24.7. The molecular formula is C138H114N6. The third-order valence-electron chi connectivity index (χ3n) is 33.0. The van der Waals surface area contributed by atoms with E-state index in [2.05, 4.69) is 362 Å². The average molecular weight is 1860 g/mol. The monoisotopic (exact) mass is 1850 g/mol. The quantitative estimate of drug-likeness (QED) is 0.0852. The van der Waals surface area contributed by atoms with Gasteiger partial charge in [-0.25, -0.2) is 29.9 Å². The SMILES string of the molecule is CC1(C)c2ccccc2-c2ccc(-c3ccc4c(c3)C(C)(C)c3cc(-c5ccc6c(c5)C(C)(C)c5cc(CCCc7ccc(-c8nc(-c9ccccc9)nc(-c9ccccc9)n8)cc7)ccc5-6)ccc3-4)cc21.CC1(C)c2ccccc2-c2ccc(-c3ccc4c(c3)C(C)(C)c3cc(-c5ccc6c(c5)C(C)(C)c5cc(CCCc7ccc(-c8nc(-c9ccccc9)nc(-c9ccccc9)n8)cc7)ccc5-6)ccc3-4)cc21. The largest absolute Gasteiger partial charge is 0.208 e. The van der Waals surface area contributed by atoms with Crippen LogP contribution in [0, 0.1) is 0 Å². The van der Waals surface area contributed by atoms with E-state index in [9.17, 15) is 0 Å². The summed E-state index contributed by atoms with van der Waals surface area (Å²) in [6.07, 6.45) is 6.18. The number of benzene rings is 18. The maximum absolute atomic E-state index is 4.93. The standard InChI is InChI=1S/2C69H57N3/c2*1-67(2)58-23-14-13-22-52(58)54-34-29-48(39-60(54)67)50-31-36-56-57-37-32-51(42-63(57)69(5,6)62(56)41-50)49-30-35-55-53-33-26-44(38-59(53)68(3,4)61(55)40-49)17-15-16-43-24-27-47(28-25-43)66-71-64(45-18-9-7-10-19-45)70-65(72-66)46-20-11-8-12-21-46/h2*7-14,18-42H,15-17H2,1-6H3. The Morgan fingerprint density at radius 3 is 0.507 bits per heavy atom. The van der Waals surface area contributed by atoms with Gasteiger partial charge < -0.3 is 0 Å². The summed E-state index contributed by atoms with van der Waals surface area (Å²) in [6.45, 7) is 28.7. The summed E-state index contributed by atoms with van der Waals surface area (Å²) >= 11 is 0. The van der Waals surface area contributed by atoms with Crippen molar-refractivity contribution < 1.29 is 0 Å². The smallest absolute Gasteiger partial charge is 0.164 e. The maximum atomic E-state index is 4.93. The Labute approximate surface area is 847 Å². The molecule has 6 aliphatic carbocycles. The van der Waals surface area contributed by atoms with Gasteiger partial charge in [0.2, 0.25) is 0 Å². The van der Waals surface area contributed by atoms with Crippen LogP contribution in [0.25, 0.3) is 180 Å². The number of fused-ring (bicyclic) bond motifs is 18. The Hall–Kier alpha value is -16.0. The summed E-state index contributed by atoms with van der Waals surface area (Å²) in [6, 6.07) is 148. The van der Waals surface area contributed by atoms with E-state index >= 15 is 0 Å². The van der Waals surface area contributed by atoms with E-state index in [1.54, 1.807) is 0 Å². The van der Waals surface area contributed by atoms with Gasteiger partial charge in [-0.1, -0.05) is 435 Å². The summed E-state index contributed by atoms with van der Waals surface area (Å²) < 4.78 is 0. The number of aromatic nitrogens is 6. The molecular weight excluding hydrogens is 1740 g/mol. The third-order valence-corrected chi connectivity index (χ3v) is 33.0. The predicted molar refractivity (Wildman–Crippen MR) is 596 cm³/mol. The first-order valence-electron chi connectivity index (χ1n) is 51.4. The highest BCUT2D eigenvalue weighted by atomic mass is 15.0. The van der Waals surface area contributed by atoms with Crippen LogP contribution in [0.3, 0.4) is 0 Å². The van der Waals surface area contributed by atoms with Gasteiger partial charge in [0.15, 0.2) is 34.9 Å². The molecule has 0 amide bonds. The number of hydrogen-bond acceptors (Lipinski definition) is 6. The molecule has 26 rings (SSSR count). The molecule has 0 bridgehead atoms. The van der Waals surface area contributed by atoms with Crippen molar-refractivity contribution in [3.8, 4) is 180 Å². The zero-order valence-electron chi connectivity index (χ0n) is 84.0. The molecule has 18 aromatic carbocycles. The van der Waals surface area contributed by atoms with Crippen LogP contribution in [-0.2, 0) is 58.2 Å². The van der Waals surface area contributed by atoms with Gasteiger partial charge in [0.1, 0.15) is 0 Å². The van der Waals surface area contributed by atoms with E-state index < -0.39 is 0 Å². The molecule has 2 aromatic heterocycles. The number of aryl methyl sites for hydroxylation is 4. The van der Waals surface area contributed by atoms with Crippen LogP contribution in [-0.4, -0.2) is 29.9 Å². The molecule has 0 unspecified atom stereocenters. The minimum absolute atomic E-state index is 0.0252. The summed E-state index contributed by atoms with van der Waals surface area (Å²) in [5, 5.41) is 0. The third kappa shape index (κ3) is 15.2. The Bertz CT molecular complexity index is 7950. The molecule has 0 saturated heterocycles. The fourth-order valence-electron chi connectivity index (χ4n) is 24.7. The second-order valence-corrected chi connectivity index (χ2v) is 43.9. The molecule has 696 valence electrons. The van der Waals surface area contributed by atoms with Crippen molar-refractivity contribution in [1.29, 1.82) is 0 Å². The topological polar surface area (TPSA) is 77.3 Å². The molecule has 0 spiro atoms. The summed E-state index contributed by atoms with van der Waals surface area (Å²) in [7, 11) is 0. The van der Waals surface area contributed by atoms with Crippen LogP contribution in [0.5, 0.6) is 0 Å². The van der Waals surface area contributed by atoms with Crippen molar-refractivity contribution in [2.24, 2.45) is 0 Å². The zero-order valence-corrected chi connectivity index (χ0v) is 84.0. The Morgan fingerprint density at radius 2 is 0.285 bits per heavy atom. The van der Waals surface area contributed by atoms with Gasteiger partial charge in [0.05, 0.1) is 0 Å². The minimum atomic E-state index is -0.134. The lowest BCUT2D eigenvalue weighted by molar-refractivity contribution is 0.658. The van der Waals surface area contributed by atoms with Gasteiger partial charge in [0.25, 0.3) is 0 Å². The van der Waals surface area contributed by atoms with E-state index in [0.29, 0.717) is 34.9 Å². The first-order valence-corrected chi connectivity index (χ1v) is 51.4. The van der Waals surface area contributed by atoms with E-state index in [4.69, 9.17) is 29.9 Å². The van der Waals surface area contributed by atoms with Crippen LogP contribution >= 0.6 is 0 Å².